The molecule has 0 bridgehead atoms. The summed E-state index contributed by atoms with van der Waals surface area (Å²) in [5, 5.41) is 0. The molecule has 0 unspecified atom stereocenters. The fourth-order valence-electron chi connectivity index (χ4n) is 1.48. The number of fused-ring (bicyclic) bond motifs is 1. The zero-order valence-electron chi connectivity index (χ0n) is 8.64. The third-order valence-electron chi connectivity index (χ3n) is 2.26. The van der Waals surface area contributed by atoms with Crippen LogP contribution in [-0.2, 0) is 6.54 Å². The monoisotopic (exact) mass is 206 g/mol. The number of aromatic nitrogens is 4. The zero-order valence-corrected chi connectivity index (χ0v) is 8.64. The third kappa shape index (κ3) is 1.70. The number of imidazole rings is 1. The van der Waals surface area contributed by atoms with E-state index in [1.807, 2.05) is 4.57 Å². The van der Waals surface area contributed by atoms with Crippen LogP contribution in [0.25, 0.3) is 11.2 Å². The highest BCUT2D eigenvalue weighted by Gasteiger charge is 2.08. The molecule has 0 aliphatic carbocycles. The van der Waals surface area contributed by atoms with E-state index in [2.05, 4.69) is 21.9 Å². The van der Waals surface area contributed by atoms with Crippen molar-refractivity contribution in [2.24, 2.45) is 0 Å². The van der Waals surface area contributed by atoms with Crippen molar-refractivity contribution >= 4 is 22.9 Å². The second-order valence-corrected chi connectivity index (χ2v) is 3.43. The smallest absolute Gasteiger partial charge is 0.224 e. The fourth-order valence-corrected chi connectivity index (χ4v) is 1.48. The molecule has 2 aromatic rings. The Morgan fingerprint density at radius 2 is 2.13 bits per heavy atom. The van der Waals surface area contributed by atoms with Crippen molar-refractivity contribution in [1.82, 2.24) is 19.5 Å². The molecule has 0 atom stereocenters. The van der Waals surface area contributed by atoms with Crippen molar-refractivity contribution in [2.45, 2.75) is 26.3 Å². The maximum absolute atomic E-state index is 5.69. The van der Waals surface area contributed by atoms with Crippen LogP contribution in [0.4, 0.5) is 11.8 Å². The molecule has 2 aromatic heterocycles. The van der Waals surface area contributed by atoms with Crippen molar-refractivity contribution in [2.75, 3.05) is 11.5 Å². The highest BCUT2D eigenvalue weighted by Crippen LogP contribution is 2.17. The minimum absolute atomic E-state index is 0.193. The highest BCUT2D eigenvalue weighted by molar-refractivity contribution is 5.82. The minimum atomic E-state index is 0.193. The van der Waals surface area contributed by atoms with Crippen molar-refractivity contribution in [3.63, 3.8) is 0 Å². The Kier molecular flexibility index (Phi) is 2.40. The van der Waals surface area contributed by atoms with Crippen LogP contribution in [0.2, 0.25) is 0 Å². The second kappa shape index (κ2) is 3.72. The second-order valence-electron chi connectivity index (χ2n) is 3.43. The molecule has 0 fully saturated rings. The molecule has 80 valence electrons. The predicted octanol–water partition coefficient (Wildman–Crippen LogP) is 0.791. The number of nitrogens with zero attached hydrogens (tertiary/aromatic N) is 4. The van der Waals surface area contributed by atoms with Gasteiger partial charge in [-0.1, -0.05) is 13.3 Å². The summed E-state index contributed by atoms with van der Waals surface area (Å²) in [5.41, 5.74) is 12.6. The lowest BCUT2D eigenvalue weighted by molar-refractivity contribution is 0.642. The molecule has 2 rings (SSSR count). The van der Waals surface area contributed by atoms with E-state index in [9.17, 15) is 0 Å². The summed E-state index contributed by atoms with van der Waals surface area (Å²) in [7, 11) is 0. The van der Waals surface area contributed by atoms with E-state index in [1.54, 1.807) is 6.33 Å². The number of hydrogen-bond acceptors (Lipinski definition) is 5. The highest BCUT2D eigenvalue weighted by atomic mass is 15.2. The first-order chi connectivity index (χ1) is 7.22. The lowest BCUT2D eigenvalue weighted by Crippen LogP contribution is -2.03. The van der Waals surface area contributed by atoms with Gasteiger partial charge in [0.05, 0.1) is 6.33 Å². The summed E-state index contributed by atoms with van der Waals surface area (Å²) in [6.45, 7) is 3.01. The number of nitrogen functional groups attached to an aromatic ring is 2. The molecule has 0 saturated heterocycles. The van der Waals surface area contributed by atoms with Crippen molar-refractivity contribution < 1.29 is 0 Å². The van der Waals surface area contributed by atoms with Gasteiger partial charge in [-0.25, -0.2) is 4.98 Å². The van der Waals surface area contributed by atoms with Crippen LogP contribution in [0.1, 0.15) is 19.8 Å². The maximum Gasteiger partial charge on any atom is 0.224 e. The van der Waals surface area contributed by atoms with Crippen LogP contribution in [0.3, 0.4) is 0 Å². The third-order valence-corrected chi connectivity index (χ3v) is 2.26. The lowest BCUT2D eigenvalue weighted by Gasteiger charge is -2.02. The average Bonchev–Trinajstić information content (AvgIpc) is 2.58. The Morgan fingerprint density at radius 3 is 2.87 bits per heavy atom. The molecule has 15 heavy (non-hydrogen) atoms. The Hall–Kier alpha value is -1.85. The Morgan fingerprint density at radius 1 is 1.33 bits per heavy atom. The summed E-state index contributed by atoms with van der Waals surface area (Å²) in [5.74, 6) is 0.533. The quantitative estimate of drug-likeness (QED) is 0.774. The SMILES string of the molecule is CCCCn1cnc2c(N)nc(N)nc21. The molecule has 0 aliphatic rings. The van der Waals surface area contributed by atoms with Gasteiger partial charge in [-0.2, -0.15) is 9.97 Å². The summed E-state index contributed by atoms with van der Waals surface area (Å²) < 4.78 is 1.95. The summed E-state index contributed by atoms with van der Waals surface area (Å²) in [6.07, 6.45) is 3.93. The number of nitrogens with two attached hydrogens (primary N) is 2. The van der Waals surface area contributed by atoms with Gasteiger partial charge in [0.2, 0.25) is 5.95 Å². The average molecular weight is 206 g/mol. The van der Waals surface area contributed by atoms with Crippen molar-refractivity contribution in [3.8, 4) is 0 Å². The van der Waals surface area contributed by atoms with Gasteiger partial charge in [0.15, 0.2) is 11.5 Å². The van der Waals surface area contributed by atoms with E-state index < -0.39 is 0 Å². The van der Waals surface area contributed by atoms with E-state index in [4.69, 9.17) is 11.5 Å². The maximum atomic E-state index is 5.69. The van der Waals surface area contributed by atoms with Gasteiger partial charge in [0.25, 0.3) is 0 Å². The van der Waals surface area contributed by atoms with E-state index in [1.165, 1.54) is 0 Å². The van der Waals surface area contributed by atoms with E-state index in [-0.39, 0.29) is 5.95 Å². The van der Waals surface area contributed by atoms with Gasteiger partial charge >= 0.3 is 0 Å². The van der Waals surface area contributed by atoms with E-state index in [0.717, 1.165) is 19.4 Å². The molecule has 6 heteroatoms. The first kappa shape index (κ1) is 9.70. The number of aryl methyl sites for hydroxylation is 1. The Bertz CT molecular complexity index is 475. The predicted molar refractivity (Wildman–Crippen MR) is 59.1 cm³/mol. The largest absolute Gasteiger partial charge is 0.382 e. The van der Waals surface area contributed by atoms with Crippen LogP contribution < -0.4 is 11.5 Å². The van der Waals surface area contributed by atoms with Crippen molar-refractivity contribution in [3.05, 3.63) is 6.33 Å². The lowest BCUT2D eigenvalue weighted by atomic mass is 10.3. The number of rotatable bonds is 3. The zero-order chi connectivity index (χ0) is 10.8. The number of unbranched alkanes of at least 4 members (excludes halogenated alkanes) is 1. The molecule has 0 aliphatic heterocycles. The summed E-state index contributed by atoms with van der Waals surface area (Å²) in [4.78, 5) is 12.2. The van der Waals surface area contributed by atoms with Crippen LogP contribution in [0, 0.1) is 0 Å². The molecule has 0 spiro atoms. The normalized spacial score (nSPS) is 11.0. The Balaban J connectivity index is 2.49. The molecular formula is C9H14N6. The summed E-state index contributed by atoms with van der Waals surface area (Å²) >= 11 is 0. The first-order valence-corrected chi connectivity index (χ1v) is 4.96. The van der Waals surface area contributed by atoms with Gasteiger partial charge < -0.3 is 16.0 Å². The Labute approximate surface area is 87.3 Å². The van der Waals surface area contributed by atoms with Gasteiger partial charge in [-0.15, -0.1) is 0 Å². The number of anilines is 2. The van der Waals surface area contributed by atoms with Crippen molar-refractivity contribution in [1.29, 1.82) is 0 Å². The minimum Gasteiger partial charge on any atom is -0.382 e. The molecule has 0 aromatic carbocycles. The van der Waals surface area contributed by atoms with Crippen LogP contribution in [-0.4, -0.2) is 19.5 Å². The molecular weight excluding hydrogens is 192 g/mol. The van der Waals surface area contributed by atoms with Crippen LogP contribution >= 0.6 is 0 Å². The molecule has 4 N–H and O–H groups in total. The topological polar surface area (TPSA) is 95.6 Å². The van der Waals surface area contributed by atoms with Crippen LogP contribution in [0.15, 0.2) is 6.33 Å². The fraction of sp³-hybridized carbons (Fsp3) is 0.444. The molecule has 0 radical (unpaired) electrons. The van der Waals surface area contributed by atoms with Gasteiger partial charge in [0, 0.05) is 6.54 Å². The number of hydrogen-bond donors (Lipinski definition) is 2. The first-order valence-electron chi connectivity index (χ1n) is 4.96. The van der Waals surface area contributed by atoms with E-state index in [0.29, 0.717) is 17.0 Å². The molecule has 0 saturated carbocycles. The van der Waals surface area contributed by atoms with Gasteiger partial charge in [-0.05, 0) is 6.42 Å². The van der Waals surface area contributed by atoms with Gasteiger partial charge in [0.1, 0.15) is 5.52 Å². The molecule has 0 amide bonds. The molecule has 2 heterocycles. The standard InChI is InChI=1S/C9H14N6/c1-2-3-4-15-5-12-6-7(10)13-9(11)14-8(6)15/h5H,2-4H2,1H3,(H4,10,11,13,14). The van der Waals surface area contributed by atoms with Crippen LogP contribution in [0.5, 0.6) is 0 Å². The molecule has 6 nitrogen and oxygen atoms in total. The summed E-state index contributed by atoms with van der Waals surface area (Å²) in [6, 6.07) is 0. The van der Waals surface area contributed by atoms with E-state index >= 15 is 0 Å². The van der Waals surface area contributed by atoms with Gasteiger partial charge in [-0.3, -0.25) is 0 Å².